The van der Waals surface area contributed by atoms with E-state index in [1.54, 1.807) is 0 Å². The molecule has 3 heteroatoms. The molecule has 2 N–H and O–H groups in total. The van der Waals surface area contributed by atoms with Crippen LogP contribution in [0.5, 0.6) is 0 Å². The van der Waals surface area contributed by atoms with E-state index in [1.807, 2.05) is 0 Å². The zero-order valence-electron chi connectivity index (χ0n) is 13.1. The van der Waals surface area contributed by atoms with Gasteiger partial charge in [-0.05, 0) is 43.4 Å². The van der Waals surface area contributed by atoms with Crippen LogP contribution >= 0.6 is 11.8 Å². The van der Waals surface area contributed by atoms with E-state index >= 15 is 0 Å². The van der Waals surface area contributed by atoms with Crippen LogP contribution in [0, 0.1) is 11.3 Å². The van der Waals surface area contributed by atoms with E-state index in [0.717, 1.165) is 12.5 Å². The molecule has 2 aliphatic rings. The van der Waals surface area contributed by atoms with Crippen molar-refractivity contribution in [3.8, 4) is 0 Å². The summed E-state index contributed by atoms with van der Waals surface area (Å²) in [5, 5.41) is 0. The number of nitrogens with two attached hydrogens (primary N) is 1. The molecular formula is C16H32N2S. The van der Waals surface area contributed by atoms with Gasteiger partial charge in [0.2, 0.25) is 0 Å². The monoisotopic (exact) mass is 284 g/mol. The van der Waals surface area contributed by atoms with Crippen molar-refractivity contribution < 1.29 is 0 Å². The molecular weight excluding hydrogens is 252 g/mol. The van der Waals surface area contributed by atoms with E-state index in [-0.39, 0.29) is 5.54 Å². The van der Waals surface area contributed by atoms with Crippen molar-refractivity contribution in [2.75, 3.05) is 31.6 Å². The van der Waals surface area contributed by atoms with E-state index in [1.165, 1.54) is 56.6 Å². The Morgan fingerprint density at radius 2 is 1.84 bits per heavy atom. The van der Waals surface area contributed by atoms with Gasteiger partial charge in [-0.2, -0.15) is 11.8 Å². The van der Waals surface area contributed by atoms with Crippen LogP contribution in [0.15, 0.2) is 0 Å². The topological polar surface area (TPSA) is 29.3 Å². The molecule has 0 radical (unpaired) electrons. The zero-order valence-corrected chi connectivity index (χ0v) is 13.9. The number of hydrogen-bond donors (Lipinski definition) is 1. The van der Waals surface area contributed by atoms with Crippen LogP contribution in [0.25, 0.3) is 0 Å². The van der Waals surface area contributed by atoms with E-state index in [2.05, 4.69) is 37.6 Å². The minimum atomic E-state index is 0.240. The summed E-state index contributed by atoms with van der Waals surface area (Å²) in [5.41, 5.74) is 6.88. The molecule has 0 bridgehead atoms. The highest BCUT2D eigenvalue weighted by Gasteiger charge is 2.42. The first-order valence-electron chi connectivity index (χ1n) is 7.97. The number of thioether (sulfide) groups is 1. The van der Waals surface area contributed by atoms with Gasteiger partial charge < -0.3 is 5.73 Å². The smallest absolute Gasteiger partial charge is 0.0424 e. The number of hydrogen-bond acceptors (Lipinski definition) is 3. The maximum Gasteiger partial charge on any atom is 0.0424 e. The largest absolute Gasteiger partial charge is 0.329 e. The lowest BCUT2D eigenvalue weighted by Crippen LogP contribution is -2.59. The van der Waals surface area contributed by atoms with Crippen LogP contribution in [0.3, 0.4) is 0 Å². The van der Waals surface area contributed by atoms with Gasteiger partial charge in [0.25, 0.3) is 0 Å². The van der Waals surface area contributed by atoms with E-state index < -0.39 is 0 Å². The van der Waals surface area contributed by atoms with Gasteiger partial charge in [0.05, 0.1) is 0 Å². The Hall–Kier alpha value is 0.270. The van der Waals surface area contributed by atoms with Crippen LogP contribution in [0.1, 0.15) is 52.4 Å². The lowest BCUT2D eigenvalue weighted by Gasteiger charge is -2.50. The van der Waals surface area contributed by atoms with Crippen molar-refractivity contribution in [3.05, 3.63) is 0 Å². The molecule has 1 aliphatic carbocycles. The molecule has 0 spiro atoms. The van der Waals surface area contributed by atoms with Crippen LogP contribution in [-0.4, -0.2) is 42.1 Å². The summed E-state index contributed by atoms with van der Waals surface area (Å²) in [6.07, 6.45) is 8.45. The summed E-state index contributed by atoms with van der Waals surface area (Å²) in [6.45, 7) is 6.87. The second kappa shape index (κ2) is 6.36. The average molecular weight is 285 g/mol. The fourth-order valence-electron chi connectivity index (χ4n) is 3.99. The van der Waals surface area contributed by atoms with E-state index in [0.29, 0.717) is 5.41 Å². The Bertz CT molecular complexity index is 286. The summed E-state index contributed by atoms with van der Waals surface area (Å²) < 4.78 is 0. The molecule has 112 valence electrons. The van der Waals surface area contributed by atoms with Gasteiger partial charge in [0.1, 0.15) is 0 Å². The first-order valence-corrected chi connectivity index (χ1v) is 9.12. The van der Waals surface area contributed by atoms with Crippen molar-refractivity contribution in [3.63, 3.8) is 0 Å². The average Bonchev–Trinajstić information content (AvgIpc) is 2.38. The summed E-state index contributed by atoms with van der Waals surface area (Å²) >= 11 is 2.10. The lowest BCUT2D eigenvalue weighted by molar-refractivity contribution is 0.0717. The first-order chi connectivity index (χ1) is 8.97. The molecule has 1 aliphatic heterocycles. The predicted octanol–water partition coefficient (Wildman–Crippen LogP) is 3.36. The Balaban J connectivity index is 1.98. The van der Waals surface area contributed by atoms with Crippen LogP contribution in [0.4, 0.5) is 0 Å². The van der Waals surface area contributed by atoms with Crippen molar-refractivity contribution in [2.24, 2.45) is 17.1 Å². The van der Waals surface area contributed by atoms with Crippen molar-refractivity contribution >= 4 is 11.8 Å². The fourth-order valence-corrected chi connectivity index (χ4v) is 5.57. The summed E-state index contributed by atoms with van der Waals surface area (Å²) in [5.74, 6) is 3.42. The van der Waals surface area contributed by atoms with Crippen molar-refractivity contribution in [1.82, 2.24) is 4.90 Å². The van der Waals surface area contributed by atoms with Gasteiger partial charge in [0, 0.05) is 24.4 Å². The first kappa shape index (κ1) is 15.7. The number of nitrogens with zero attached hydrogens (tertiary/aromatic N) is 1. The Morgan fingerprint density at radius 1 is 1.16 bits per heavy atom. The molecule has 1 saturated carbocycles. The molecule has 1 atom stereocenters. The molecule has 1 saturated heterocycles. The van der Waals surface area contributed by atoms with Gasteiger partial charge >= 0.3 is 0 Å². The van der Waals surface area contributed by atoms with Crippen LogP contribution in [-0.2, 0) is 0 Å². The Kier molecular flexibility index (Phi) is 5.24. The minimum absolute atomic E-state index is 0.240. The molecule has 0 amide bonds. The molecule has 0 aromatic carbocycles. The SMILES string of the molecule is CN(CC1CCCCC1)C1(CN)CSCC(C)(C)C1. The van der Waals surface area contributed by atoms with Gasteiger partial charge in [-0.1, -0.05) is 33.1 Å². The summed E-state index contributed by atoms with van der Waals surface area (Å²) in [4.78, 5) is 2.62. The van der Waals surface area contributed by atoms with E-state index in [9.17, 15) is 0 Å². The minimum Gasteiger partial charge on any atom is -0.329 e. The highest BCUT2D eigenvalue weighted by molar-refractivity contribution is 7.99. The Morgan fingerprint density at radius 3 is 2.42 bits per heavy atom. The number of likely N-dealkylation sites (N-methyl/N-ethyl adjacent to an activating group) is 1. The third-order valence-electron chi connectivity index (χ3n) is 5.12. The molecule has 2 rings (SSSR count). The van der Waals surface area contributed by atoms with Gasteiger partial charge in [-0.15, -0.1) is 0 Å². The maximum atomic E-state index is 6.21. The van der Waals surface area contributed by atoms with Crippen molar-refractivity contribution in [2.45, 2.75) is 57.9 Å². The molecule has 1 unspecified atom stereocenters. The summed E-state index contributed by atoms with van der Waals surface area (Å²) in [6, 6.07) is 0. The lowest BCUT2D eigenvalue weighted by atomic mass is 9.78. The molecule has 1 heterocycles. The highest BCUT2D eigenvalue weighted by Crippen LogP contribution is 2.42. The van der Waals surface area contributed by atoms with Crippen LogP contribution in [0.2, 0.25) is 0 Å². The molecule has 2 fully saturated rings. The maximum absolute atomic E-state index is 6.21. The van der Waals surface area contributed by atoms with Gasteiger partial charge in [-0.3, -0.25) is 4.90 Å². The van der Waals surface area contributed by atoms with Gasteiger partial charge in [-0.25, -0.2) is 0 Å². The quantitative estimate of drug-likeness (QED) is 0.858. The standard InChI is InChI=1S/C16H32N2S/c1-15(2)10-16(11-17,13-19-12-15)18(3)9-14-7-5-4-6-8-14/h14H,4-13,17H2,1-3H3. The van der Waals surface area contributed by atoms with Gasteiger partial charge in [0.15, 0.2) is 0 Å². The normalized spacial score (nSPS) is 32.7. The molecule has 0 aromatic rings. The second-order valence-corrected chi connectivity index (χ2v) is 8.63. The molecule has 19 heavy (non-hydrogen) atoms. The summed E-state index contributed by atoms with van der Waals surface area (Å²) in [7, 11) is 2.32. The highest BCUT2D eigenvalue weighted by atomic mass is 32.2. The molecule has 0 aromatic heterocycles. The molecule has 2 nitrogen and oxygen atoms in total. The zero-order chi connectivity index (χ0) is 13.9. The third-order valence-corrected chi connectivity index (χ3v) is 6.84. The van der Waals surface area contributed by atoms with Crippen molar-refractivity contribution in [1.29, 1.82) is 0 Å². The number of rotatable bonds is 4. The third kappa shape index (κ3) is 3.89. The second-order valence-electron chi connectivity index (χ2n) is 7.65. The Labute approximate surface area is 123 Å². The van der Waals surface area contributed by atoms with Crippen LogP contribution < -0.4 is 5.73 Å². The predicted molar refractivity (Wildman–Crippen MR) is 86.7 cm³/mol. The fraction of sp³-hybridized carbons (Fsp3) is 1.00. The van der Waals surface area contributed by atoms with E-state index in [4.69, 9.17) is 5.73 Å².